The fourth-order valence-electron chi connectivity index (χ4n) is 2.31. The predicted octanol–water partition coefficient (Wildman–Crippen LogP) is 2.02. The monoisotopic (exact) mass is 200 g/mol. The van der Waals surface area contributed by atoms with E-state index in [-0.39, 0.29) is 18.2 Å². The van der Waals surface area contributed by atoms with Gasteiger partial charge >= 0.3 is 5.97 Å². The summed E-state index contributed by atoms with van der Waals surface area (Å²) in [6.07, 6.45) is 6.98. The summed E-state index contributed by atoms with van der Waals surface area (Å²) in [6.45, 7) is 1.65. The number of carbonyl (C=O) groups is 1. The van der Waals surface area contributed by atoms with Crippen molar-refractivity contribution < 1.29 is 14.6 Å². The Bertz CT molecular complexity index is 183. The number of aliphatic hydroxyl groups excluding tert-OH is 1. The van der Waals surface area contributed by atoms with Crippen LogP contribution < -0.4 is 0 Å². The van der Waals surface area contributed by atoms with Crippen molar-refractivity contribution in [2.45, 2.75) is 57.5 Å². The lowest BCUT2D eigenvalue weighted by Crippen LogP contribution is -2.36. The second-order valence-electron chi connectivity index (χ2n) is 4.16. The lowest BCUT2D eigenvalue weighted by molar-refractivity contribution is -0.161. The van der Waals surface area contributed by atoms with Crippen molar-refractivity contribution in [3.63, 3.8) is 0 Å². The first kappa shape index (κ1) is 11.5. The maximum absolute atomic E-state index is 11.0. The van der Waals surface area contributed by atoms with Crippen LogP contribution in [0, 0.1) is 0 Å². The molecule has 0 unspecified atom stereocenters. The van der Waals surface area contributed by atoms with Crippen molar-refractivity contribution >= 4 is 5.97 Å². The summed E-state index contributed by atoms with van der Waals surface area (Å²) in [5.41, 5.74) is -0.257. The maximum Gasteiger partial charge on any atom is 0.303 e. The van der Waals surface area contributed by atoms with Gasteiger partial charge in [-0.25, -0.2) is 0 Å². The summed E-state index contributed by atoms with van der Waals surface area (Å²) in [4.78, 5) is 11.0. The van der Waals surface area contributed by atoms with Crippen LogP contribution in [-0.4, -0.2) is 23.3 Å². The molecule has 1 N–H and O–H groups in total. The summed E-state index contributed by atoms with van der Waals surface area (Å²) in [5, 5.41) is 8.80. The molecule has 1 aliphatic carbocycles. The Morgan fingerprint density at radius 3 is 2.50 bits per heavy atom. The first-order valence-electron chi connectivity index (χ1n) is 5.49. The Labute approximate surface area is 85.5 Å². The lowest BCUT2D eigenvalue weighted by Gasteiger charge is -2.36. The van der Waals surface area contributed by atoms with Crippen LogP contribution in [0.5, 0.6) is 0 Å². The van der Waals surface area contributed by atoms with Crippen LogP contribution >= 0.6 is 0 Å². The zero-order valence-corrected chi connectivity index (χ0v) is 8.92. The fraction of sp³-hybridized carbons (Fsp3) is 0.909. The number of ether oxygens (including phenoxy) is 1. The Balaban J connectivity index is 2.52. The van der Waals surface area contributed by atoms with Crippen molar-refractivity contribution in [2.75, 3.05) is 6.61 Å². The molecular weight excluding hydrogens is 180 g/mol. The highest BCUT2D eigenvalue weighted by molar-refractivity contribution is 5.66. The standard InChI is InChI=1S/C11H20O3/c1-10(13)14-11(8-5-9-12)6-3-2-4-7-11/h12H,2-9H2,1H3. The van der Waals surface area contributed by atoms with Crippen LogP contribution in [0.1, 0.15) is 51.9 Å². The minimum atomic E-state index is -0.257. The molecule has 1 fully saturated rings. The quantitative estimate of drug-likeness (QED) is 0.706. The van der Waals surface area contributed by atoms with Crippen molar-refractivity contribution in [3.05, 3.63) is 0 Å². The molecule has 1 saturated carbocycles. The highest BCUT2D eigenvalue weighted by Gasteiger charge is 2.34. The smallest absolute Gasteiger partial charge is 0.303 e. The third kappa shape index (κ3) is 3.29. The number of esters is 1. The second-order valence-corrected chi connectivity index (χ2v) is 4.16. The molecular formula is C11H20O3. The van der Waals surface area contributed by atoms with Crippen LogP contribution in [0.15, 0.2) is 0 Å². The number of aliphatic hydroxyl groups is 1. The average Bonchev–Trinajstić information content (AvgIpc) is 2.15. The van der Waals surface area contributed by atoms with Gasteiger partial charge in [0.05, 0.1) is 0 Å². The molecule has 0 spiro atoms. The van der Waals surface area contributed by atoms with E-state index in [1.54, 1.807) is 0 Å². The molecule has 0 aromatic rings. The van der Waals surface area contributed by atoms with Crippen molar-refractivity contribution in [1.29, 1.82) is 0 Å². The number of hydrogen-bond donors (Lipinski definition) is 1. The third-order valence-corrected chi connectivity index (χ3v) is 2.92. The normalized spacial score (nSPS) is 20.4. The Morgan fingerprint density at radius 1 is 1.36 bits per heavy atom. The van der Waals surface area contributed by atoms with Gasteiger partial charge in [0.1, 0.15) is 5.60 Å². The van der Waals surface area contributed by atoms with E-state index in [4.69, 9.17) is 9.84 Å². The van der Waals surface area contributed by atoms with E-state index < -0.39 is 0 Å². The van der Waals surface area contributed by atoms with Crippen LogP contribution in [0.25, 0.3) is 0 Å². The van der Waals surface area contributed by atoms with Gasteiger partial charge in [0.15, 0.2) is 0 Å². The predicted molar refractivity (Wildman–Crippen MR) is 53.9 cm³/mol. The van der Waals surface area contributed by atoms with E-state index in [9.17, 15) is 4.79 Å². The number of hydrogen-bond acceptors (Lipinski definition) is 3. The first-order chi connectivity index (χ1) is 6.68. The molecule has 1 rings (SSSR count). The van der Waals surface area contributed by atoms with Gasteiger partial charge in [0, 0.05) is 13.5 Å². The average molecular weight is 200 g/mol. The van der Waals surface area contributed by atoms with Gasteiger partial charge in [0.2, 0.25) is 0 Å². The maximum atomic E-state index is 11.0. The van der Waals surface area contributed by atoms with E-state index in [0.29, 0.717) is 0 Å². The van der Waals surface area contributed by atoms with Crippen LogP contribution in [0.4, 0.5) is 0 Å². The molecule has 82 valence electrons. The van der Waals surface area contributed by atoms with Gasteiger partial charge in [-0.2, -0.15) is 0 Å². The van der Waals surface area contributed by atoms with Crippen molar-refractivity contribution in [1.82, 2.24) is 0 Å². The number of carbonyl (C=O) groups excluding carboxylic acids is 1. The van der Waals surface area contributed by atoms with E-state index >= 15 is 0 Å². The molecule has 0 aromatic carbocycles. The van der Waals surface area contributed by atoms with Gasteiger partial charge in [-0.1, -0.05) is 6.42 Å². The van der Waals surface area contributed by atoms with Gasteiger partial charge < -0.3 is 9.84 Å². The molecule has 0 bridgehead atoms. The molecule has 3 nitrogen and oxygen atoms in total. The first-order valence-corrected chi connectivity index (χ1v) is 5.49. The van der Waals surface area contributed by atoms with Gasteiger partial charge in [-0.15, -0.1) is 0 Å². The second kappa shape index (κ2) is 5.35. The van der Waals surface area contributed by atoms with Gasteiger partial charge in [-0.05, 0) is 38.5 Å². The highest BCUT2D eigenvalue weighted by Crippen LogP contribution is 2.35. The van der Waals surface area contributed by atoms with E-state index in [1.807, 2.05) is 0 Å². The van der Waals surface area contributed by atoms with E-state index in [1.165, 1.54) is 13.3 Å². The summed E-state index contributed by atoms with van der Waals surface area (Å²) < 4.78 is 5.43. The molecule has 0 atom stereocenters. The van der Waals surface area contributed by atoms with E-state index in [0.717, 1.165) is 38.5 Å². The van der Waals surface area contributed by atoms with Gasteiger partial charge in [-0.3, -0.25) is 4.79 Å². The largest absolute Gasteiger partial charge is 0.459 e. The van der Waals surface area contributed by atoms with Crippen LogP contribution in [0.3, 0.4) is 0 Å². The van der Waals surface area contributed by atoms with Crippen molar-refractivity contribution in [2.24, 2.45) is 0 Å². The highest BCUT2D eigenvalue weighted by atomic mass is 16.6. The summed E-state index contributed by atoms with van der Waals surface area (Å²) in [7, 11) is 0. The molecule has 1 aliphatic rings. The summed E-state index contributed by atoms with van der Waals surface area (Å²) in [6, 6.07) is 0. The summed E-state index contributed by atoms with van der Waals surface area (Å²) >= 11 is 0. The molecule has 3 heteroatoms. The van der Waals surface area contributed by atoms with Crippen molar-refractivity contribution in [3.8, 4) is 0 Å². The molecule has 0 heterocycles. The molecule has 0 radical (unpaired) electrons. The Kier molecular flexibility index (Phi) is 4.39. The zero-order chi connectivity index (χ0) is 10.4. The van der Waals surface area contributed by atoms with Crippen LogP contribution in [-0.2, 0) is 9.53 Å². The van der Waals surface area contributed by atoms with Crippen LogP contribution in [0.2, 0.25) is 0 Å². The fourth-order valence-corrected chi connectivity index (χ4v) is 2.31. The molecule has 14 heavy (non-hydrogen) atoms. The molecule has 0 saturated heterocycles. The zero-order valence-electron chi connectivity index (χ0n) is 8.92. The lowest BCUT2D eigenvalue weighted by atomic mass is 9.81. The van der Waals surface area contributed by atoms with Gasteiger partial charge in [0.25, 0.3) is 0 Å². The Morgan fingerprint density at radius 2 is 2.00 bits per heavy atom. The number of rotatable bonds is 4. The van der Waals surface area contributed by atoms with E-state index in [2.05, 4.69) is 0 Å². The third-order valence-electron chi connectivity index (χ3n) is 2.92. The molecule has 0 aliphatic heterocycles. The topological polar surface area (TPSA) is 46.5 Å². The SMILES string of the molecule is CC(=O)OC1(CCCO)CCCCC1. The molecule has 0 amide bonds. The Hall–Kier alpha value is -0.570. The minimum Gasteiger partial charge on any atom is -0.459 e. The molecule has 0 aromatic heterocycles. The summed E-state index contributed by atoms with van der Waals surface area (Å²) in [5.74, 6) is -0.190. The minimum absolute atomic E-state index is 0.184.